The number of aliphatic imine (C=N–C) groups is 1. The number of hydrogen-bond acceptors (Lipinski definition) is 5. The average molecular weight is 455 g/mol. The molecule has 5 rings (SSSR count). The van der Waals surface area contributed by atoms with Gasteiger partial charge in [-0.05, 0) is 64.4 Å². The largest absolute Gasteiger partial charge is 0.497 e. The van der Waals surface area contributed by atoms with Gasteiger partial charge in [-0.15, -0.1) is 0 Å². The third-order valence-corrected chi connectivity index (χ3v) is 6.32. The van der Waals surface area contributed by atoms with Crippen molar-refractivity contribution in [1.29, 1.82) is 0 Å². The lowest BCUT2D eigenvalue weighted by Crippen LogP contribution is -2.18. The molecule has 6 nitrogen and oxygen atoms in total. The summed E-state index contributed by atoms with van der Waals surface area (Å²) in [5.74, 6) is 1.45. The standard InChI is InChI=1S/C26H22N4O2S/c1-27-25-24(33-26(31)28-25)14-17-7-12-23-20(13-17)16-30(29-23)15-19-5-3-4-6-22(19)18-8-10-21(32-2)11-9-18/h3-14,16H,15H2,1-2H3,(H,27,28,31)/b24-14-. The molecule has 1 aliphatic rings. The quantitative estimate of drug-likeness (QED) is 0.427. The van der Waals surface area contributed by atoms with Crippen LogP contribution in [0.3, 0.4) is 0 Å². The third kappa shape index (κ3) is 4.40. The van der Waals surface area contributed by atoms with E-state index in [2.05, 4.69) is 59.0 Å². The lowest BCUT2D eigenvalue weighted by Gasteiger charge is -2.10. The fourth-order valence-electron chi connectivity index (χ4n) is 3.90. The highest BCUT2D eigenvalue weighted by Crippen LogP contribution is 2.29. The monoisotopic (exact) mass is 454 g/mol. The van der Waals surface area contributed by atoms with E-state index in [4.69, 9.17) is 9.84 Å². The van der Waals surface area contributed by atoms with Gasteiger partial charge in [0.1, 0.15) is 11.6 Å². The van der Waals surface area contributed by atoms with Crippen molar-refractivity contribution in [2.45, 2.75) is 6.54 Å². The molecule has 0 unspecified atom stereocenters. The number of nitrogens with zero attached hydrogens (tertiary/aromatic N) is 3. The highest BCUT2D eigenvalue weighted by molar-refractivity contribution is 8.18. The first-order valence-corrected chi connectivity index (χ1v) is 11.3. The Morgan fingerprint density at radius 1 is 1.12 bits per heavy atom. The van der Waals surface area contributed by atoms with Gasteiger partial charge in [0.05, 0.1) is 24.1 Å². The Morgan fingerprint density at radius 3 is 2.73 bits per heavy atom. The third-order valence-electron chi connectivity index (χ3n) is 5.50. The number of nitrogens with one attached hydrogen (secondary N) is 1. The van der Waals surface area contributed by atoms with Crippen molar-refractivity contribution in [3.63, 3.8) is 0 Å². The minimum Gasteiger partial charge on any atom is -0.497 e. The number of carbonyl (C=O) groups is 1. The highest BCUT2D eigenvalue weighted by atomic mass is 32.2. The Kier molecular flexibility index (Phi) is 5.71. The molecule has 4 aromatic rings. The molecule has 7 heteroatoms. The van der Waals surface area contributed by atoms with Gasteiger partial charge in [0.25, 0.3) is 5.24 Å². The van der Waals surface area contributed by atoms with Crippen LogP contribution in [0.15, 0.2) is 82.8 Å². The van der Waals surface area contributed by atoms with Crippen molar-refractivity contribution < 1.29 is 9.53 Å². The lowest BCUT2D eigenvalue weighted by molar-refractivity contribution is 0.265. The normalized spacial score (nSPS) is 16.0. The Labute approximate surface area is 196 Å². The van der Waals surface area contributed by atoms with E-state index < -0.39 is 0 Å². The van der Waals surface area contributed by atoms with E-state index in [-0.39, 0.29) is 5.24 Å². The molecule has 0 spiro atoms. The molecule has 164 valence electrons. The van der Waals surface area contributed by atoms with Gasteiger partial charge in [0.2, 0.25) is 0 Å². The number of carbonyl (C=O) groups excluding carboxylic acids is 1. The summed E-state index contributed by atoms with van der Waals surface area (Å²) in [4.78, 5) is 16.6. The van der Waals surface area contributed by atoms with Crippen LogP contribution in [0.25, 0.3) is 28.1 Å². The average Bonchev–Trinajstić information content (AvgIpc) is 3.41. The van der Waals surface area contributed by atoms with Crippen molar-refractivity contribution >= 4 is 39.8 Å². The summed E-state index contributed by atoms with van der Waals surface area (Å²) >= 11 is 1.16. The van der Waals surface area contributed by atoms with Crippen molar-refractivity contribution in [3.05, 3.63) is 89.0 Å². The minimum absolute atomic E-state index is 0.105. The van der Waals surface area contributed by atoms with E-state index in [9.17, 15) is 4.79 Å². The summed E-state index contributed by atoms with van der Waals surface area (Å²) in [5.41, 5.74) is 5.43. The van der Waals surface area contributed by atoms with Gasteiger partial charge >= 0.3 is 0 Å². The van der Waals surface area contributed by atoms with Gasteiger partial charge in [0.15, 0.2) is 0 Å². The van der Waals surface area contributed by atoms with Crippen LogP contribution in [0.1, 0.15) is 11.1 Å². The summed E-state index contributed by atoms with van der Waals surface area (Å²) in [5, 5.41) is 8.46. The van der Waals surface area contributed by atoms with Gasteiger partial charge in [-0.3, -0.25) is 14.5 Å². The summed E-state index contributed by atoms with van der Waals surface area (Å²) < 4.78 is 7.26. The smallest absolute Gasteiger partial charge is 0.289 e. The summed E-state index contributed by atoms with van der Waals surface area (Å²) in [6.07, 6.45) is 4.03. The fourth-order valence-corrected chi connectivity index (χ4v) is 4.68. The molecule has 1 aliphatic heterocycles. The predicted molar refractivity (Wildman–Crippen MR) is 135 cm³/mol. The van der Waals surface area contributed by atoms with Gasteiger partial charge in [-0.25, -0.2) is 0 Å². The van der Waals surface area contributed by atoms with E-state index in [1.165, 1.54) is 11.1 Å². The molecule has 1 aromatic heterocycles. The second-order valence-electron chi connectivity index (χ2n) is 7.63. The Hall–Kier alpha value is -3.84. The Bertz CT molecular complexity index is 1400. The maximum atomic E-state index is 11.7. The number of amidine groups is 1. The predicted octanol–water partition coefficient (Wildman–Crippen LogP) is 5.59. The van der Waals surface area contributed by atoms with Gasteiger partial charge in [0, 0.05) is 18.6 Å². The van der Waals surface area contributed by atoms with Crippen molar-refractivity contribution in [1.82, 2.24) is 15.1 Å². The molecule has 1 saturated heterocycles. The number of aromatic nitrogens is 2. The molecule has 1 N–H and O–H groups in total. The van der Waals surface area contributed by atoms with E-state index >= 15 is 0 Å². The fraction of sp³-hybridized carbons (Fsp3) is 0.115. The summed E-state index contributed by atoms with van der Waals surface area (Å²) in [6.45, 7) is 0.661. The zero-order valence-electron chi connectivity index (χ0n) is 18.3. The van der Waals surface area contributed by atoms with E-state index in [1.54, 1.807) is 14.2 Å². The maximum absolute atomic E-state index is 11.7. The number of fused-ring (bicyclic) bond motifs is 1. The molecule has 3 aromatic carbocycles. The van der Waals surface area contributed by atoms with Crippen molar-refractivity contribution in [2.75, 3.05) is 14.2 Å². The lowest BCUT2D eigenvalue weighted by atomic mass is 9.99. The van der Waals surface area contributed by atoms with Crippen LogP contribution in [-0.2, 0) is 6.54 Å². The van der Waals surface area contributed by atoms with Crippen LogP contribution < -0.4 is 10.1 Å². The molecule has 0 atom stereocenters. The first-order valence-electron chi connectivity index (χ1n) is 10.5. The Balaban J connectivity index is 1.43. The van der Waals surface area contributed by atoms with Gasteiger partial charge < -0.3 is 10.1 Å². The molecule has 33 heavy (non-hydrogen) atoms. The number of amides is 1. The van der Waals surface area contributed by atoms with Crippen molar-refractivity contribution in [2.24, 2.45) is 4.99 Å². The zero-order valence-corrected chi connectivity index (χ0v) is 19.1. The number of thioether (sulfide) groups is 1. The van der Waals surface area contributed by atoms with E-state index in [0.717, 1.165) is 44.4 Å². The number of benzene rings is 3. The van der Waals surface area contributed by atoms with Crippen LogP contribution in [0, 0.1) is 0 Å². The molecule has 0 radical (unpaired) electrons. The molecule has 2 heterocycles. The Morgan fingerprint density at radius 2 is 1.94 bits per heavy atom. The summed E-state index contributed by atoms with van der Waals surface area (Å²) in [7, 11) is 3.35. The second kappa shape index (κ2) is 8.96. The molecule has 1 amide bonds. The number of hydrogen-bond donors (Lipinski definition) is 1. The molecule has 0 aliphatic carbocycles. The molecular formula is C26H22N4O2S. The molecule has 0 bridgehead atoms. The maximum Gasteiger partial charge on any atom is 0.289 e. The first-order chi connectivity index (χ1) is 16.1. The zero-order chi connectivity index (χ0) is 22.8. The van der Waals surface area contributed by atoms with Gasteiger partial charge in [-0.2, -0.15) is 5.10 Å². The van der Waals surface area contributed by atoms with Crippen LogP contribution >= 0.6 is 11.8 Å². The summed E-state index contributed by atoms with van der Waals surface area (Å²) in [6, 6.07) is 22.6. The van der Waals surface area contributed by atoms with Crippen LogP contribution in [-0.4, -0.2) is 35.0 Å². The van der Waals surface area contributed by atoms with Crippen molar-refractivity contribution in [3.8, 4) is 16.9 Å². The van der Waals surface area contributed by atoms with Gasteiger partial charge in [-0.1, -0.05) is 42.5 Å². The number of methoxy groups -OCH3 is 1. The second-order valence-corrected chi connectivity index (χ2v) is 8.64. The topological polar surface area (TPSA) is 68.5 Å². The van der Waals surface area contributed by atoms with E-state index in [0.29, 0.717) is 12.4 Å². The molecule has 1 fully saturated rings. The van der Waals surface area contributed by atoms with Crippen LogP contribution in [0.4, 0.5) is 4.79 Å². The number of rotatable bonds is 5. The first kappa shape index (κ1) is 21.0. The highest BCUT2D eigenvalue weighted by Gasteiger charge is 2.22. The molecular weight excluding hydrogens is 432 g/mol. The molecule has 0 saturated carbocycles. The number of ether oxygens (including phenoxy) is 1. The van der Waals surface area contributed by atoms with Crippen LogP contribution in [0.5, 0.6) is 5.75 Å². The van der Waals surface area contributed by atoms with Crippen LogP contribution in [0.2, 0.25) is 0 Å². The van der Waals surface area contributed by atoms with E-state index in [1.807, 2.05) is 35.0 Å². The SMILES string of the molecule is CN=C1NC(=O)S/C1=C\c1ccc2nn(Cc3ccccc3-c3ccc(OC)cc3)cc2c1. The minimum atomic E-state index is -0.105.